The first kappa shape index (κ1) is 9.03. The summed E-state index contributed by atoms with van der Waals surface area (Å²) in [6, 6.07) is 0. The molecular weight excluding hydrogens is 161 g/mol. The van der Waals surface area contributed by atoms with Crippen molar-refractivity contribution in [3.05, 3.63) is 11.8 Å². The van der Waals surface area contributed by atoms with Gasteiger partial charge in [0.05, 0.1) is 5.70 Å². The van der Waals surface area contributed by atoms with Gasteiger partial charge in [-0.05, 0) is 12.8 Å². The number of nitrogens with zero attached hydrogens (tertiary/aromatic N) is 1. The van der Waals surface area contributed by atoms with Crippen molar-refractivity contribution in [1.29, 1.82) is 0 Å². The van der Waals surface area contributed by atoms with Gasteiger partial charge in [0.15, 0.2) is 0 Å². The molecule has 1 aliphatic heterocycles. The van der Waals surface area contributed by atoms with E-state index in [1.54, 1.807) is 4.90 Å². The van der Waals surface area contributed by atoms with Crippen LogP contribution < -0.4 is 0 Å². The predicted octanol–water partition coefficient (Wildman–Crippen LogP) is 1.02. The Balaban J connectivity index is 2.60. The van der Waals surface area contributed by atoms with E-state index in [2.05, 4.69) is 0 Å². The Hall–Kier alpha value is -1.06. The number of halogens is 1. The Morgan fingerprint density at radius 3 is 2.50 bits per heavy atom. The highest BCUT2D eigenvalue weighted by Gasteiger charge is 2.15. The van der Waals surface area contributed by atoms with Crippen molar-refractivity contribution in [1.82, 2.24) is 4.90 Å². The van der Waals surface area contributed by atoms with Gasteiger partial charge in [-0.15, -0.1) is 0 Å². The lowest BCUT2D eigenvalue weighted by Gasteiger charge is -2.17. The molecule has 0 aromatic carbocycles. The average Bonchev–Trinajstić information content (AvgIpc) is 2.51. The first-order valence-electron chi connectivity index (χ1n) is 3.98. The van der Waals surface area contributed by atoms with Crippen molar-refractivity contribution in [3.63, 3.8) is 0 Å². The molecule has 1 saturated heterocycles. The minimum absolute atomic E-state index is 0.292. The summed E-state index contributed by atoms with van der Waals surface area (Å²) < 4.78 is 12.3. The second kappa shape index (κ2) is 4.09. The molecule has 0 saturated carbocycles. The van der Waals surface area contributed by atoms with Crippen LogP contribution in [-0.2, 0) is 4.79 Å². The second-order valence-electron chi connectivity index (χ2n) is 2.80. The van der Waals surface area contributed by atoms with Crippen LogP contribution in [0.15, 0.2) is 11.8 Å². The number of aliphatic carboxylic acids is 1. The lowest BCUT2D eigenvalue weighted by molar-refractivity contribution is -0.131. The highest BCUT2D eigenvalue weighted by atomic mass is 19.1. The first-order valence-corrected chi connectivity index (χ1v) is 3.98. The molecule has 0 radical (unpaired) electrons. The van der Waals surface area contributed by atoms with Crippen LogP contribution in [0.5, 0.6) is 0 Å². The van der Waals surface area contributed by atoms with E-state index in [4.69, 9.17) is 5.11 Å². The number of carboxylic acid groups (broad SMARTS) is 1. The maximum atomic E-state index is 12.3. The van der Waals surface area contributed by atoms with E-state index < -0.39 is 12.6 Å². The topological polar surface area (TPSA) is 40.5 Å². The Labute approximate surface area is 70.5 Å². The monoisotopic (exact) mass is 173 g/mol. The Morgan fingerprint density at radius 2 is 2.08 bits per heavy atom. The smallest absolute Gasteiger partial charge is 0.330 e. The van der Waals surface area contributed by atoms with Crippen molar-refractivity contribution >= 4 is 5.97 Å². The lowest BCUT2D eigenvalue weighted by atomic mass is 10.4. The van der Waals surface area contributed by atoms with Crippen LogP contribution in [0, 0.1) is 0 Å². The van der Waals surface area contributed by atoms with Crippen LogP contribution in [0.4, 0.5) is 4.39 Å². The molecule has 68 valence electrons. The fraction of sp³-hybridized carbons (Fsp3) is 0.625. The fourth-order valence-corrected chi connectivity index (χ4v) is 1.36. The molecule has 0 spiro atoms. The van der Waals surface area contributed by atoms with Crippen LogP contribution >= 0.6 is 0 Å². The summed E-state index contributed by atoms with van der Waals surface area (Å²) in [5.41, 5.74) is 0.292. The van der Waals surface area contributed by atoms with E-state index in [0.717, 1.165) is 32.0 Å². The molecule has 0 unspecified atom stereocenters. The summed E-state index contributed by atoms with van der Waals surface area (Å²) >= 11 is 0. The van der Waals surface area contributed by atoms with Gasteiger partial charge in [0.25, 0.3) is 0 Å². The largest absolute Gasteiger partial charge is 0.478 e. The third kappa shape index (κ3) is 2.22. The van der Waals surface area contributed by atoms with E-state index in [1.165, 1.54) is 0 Å². The van der Waals surface area contributed by atoms with Crippen LogP contribution in [0.3, 0.4) is 0 Å². The van der Waals surface area contributed by atoms with Crippen molar-refractivity contribution in [3.8, 4) is 0 Å². The average molecular weight is 173 g/mol. The summed E-state index contributed by atoms with van der Waals surface area (Å²) in [5, 5.41) is 8.41. The van der Waals surface area contributed by atoms with Crippen molar-refractivity contribution in [2.24, 2.45) is 0 Å². The molecule has 0 atom stereocenters. The SMILES string of the molecule is O=C(O)/C=C(\CF)N1CCCC1. The van der Waals surface area contributed by atoms with Crippen molar-refractivity contribution in [2.45, 2.75) is 12.8 Å². The molecule has 0 aromatic rings. The molecule has 1 fully saturated rings. The highest BCUT2D eigenvalue weighted by molar-refractivity contribution is 5.80. The second-order valence-corrected chi connectivity index (χ2v) is 2.80. The van der Waals surface area contributed by atoms with Crippen LogP contribution in [0.2, 0.25) is 0 Å². The molecule has 3 nitrogen and oxygen atoms in total. The minimum atomic E-state index is -1.07. The fourth-order valence-electron chi connectivity index (χ4n) is 1.36. The van der Waals surface area contributed by atoms with Crippen LogP contribution in [0.25, 0.3) is 0 Å². The molecule has 0 amide bonds. The van der Waals surface area contributed by atoms with Gasteiger partial charge in [-0.1, -0.05) is 0 Å². The lowest BCUT2D eigenvalue weighted by Crippen LogP contribution is -2.20. The number of hydrogen-bond acceptors (Lipinski definition) is 2. The van der Waals surface area contributed by atoms with E-state index in [1.807, 2.05) is 0 Å². The molecule has 12 heavy (non-hydrogen) atoms. The van der Waals surface area contributed by atoms with E-state index in [-0.39, 0.29) is 0 Å². The number of allylic oxidation sites excluding steroid dienone is 1. The molecule has 0 aromatic heterocycles. The van der Waals surface area contributed by atoms with E-state index >= 15 is 0 Å². The zero-order valence-corrected chi connectivity index (χ0v) is 6.79. The molecule has 0 bridgehead atoms. The summed E-state index contributed by atoms with van der Waals surface area (Å²) in [5.74, 6) is -1.07. The van der Waals surface area contributed by atoms with Crippen LogP contribution in [-0.4, -0.2) is 35.7 Å². The van der Waals surface area contributed by atoms with Gasteiger partial charge in [0, 0.05) is 19.2 Å². The summed E-state index contributed by atoms with van der Waals surface area (Å²) in [6.07, 6.45) is 3.00. The standard InChI is InChI=1S/C8H12FNO2/c9-6-7(5-8(11)12)10-3-1-2-4-10/h5H,1-4,6H2,(H,11,12)/b7-5+. The maximum absolute atomic E-state index is 12.3. The molecule has 1 aliphatic rings. The molecule has 0 aliphatic carbocycles. The number of rotatable bonds is 3. The summed E-state index contributed by atoms with van der Waals surface area (Å²) in [6.45, 7) is 0.873. The third-order valence-electron chi connectivity index (χ3n) is 1.94. The molecule has 1 rings (SSSR count). The number of carbonyl (C=O) groups is 1. The van der Waals surface area contributed by atoms with Crippen LogP contribution in [0.1, 0.15) is 12.8 Å². The van der Waals surface area contributed by atoms with Crippen molar-refractivity contribution in [2.75, 3.05) is 19.8 Å². The quantitative estimate of drug-likeness (QED) is 0.648. The summed E-state index contributed by atoms with van der Waals surface area (Å²) in [4.78, 5) is 12.0. The number of hydrogen-bond donors (Lipinski definition) is 1. The van der Waals surface area contributed by atoms with Gasteiger partial charge in [-0.25, -0.2) is 9.18 Å². The summed E-state index contributed by atoms with van der Waals surface area (Å²) in [7, 11) is 0. The van der Waals surface area contributed by atoms with E-state index in [9.17, 15) is 9.18 Å². The molecular formula is C8H12FNO2. The zero-order valence-electron chi connectivity index (χ0n) is 6.79. The van der Waals surface area contributed by atoms with Gasteiger partial charge < -0.3 is 10.0 Å². The van der Waals surface area contributed by atoms with Gasteiger partial charge in [-0.3, -0.25) is 0 Å². The Kier molecular flexibility index (Phi) is 3.08. The highest BCUT2D eigenvalue weighted by Crippen LogP contribution is 2.14. The zero-order chi connectivity index (χ0) is 8.97. The maximum Gasteiger partial charge on any atom is 0.330 e. The minimum Gasteiger partial charge on any atom is -0.478 e. The normalized spacial score (nSPS) is 18.4. The van der Waals surface area contributed by atoms with Gasteiger partial charge in [0.2, 0.25) is 0 Å². The molecule has 1 heterocycles. The molecule has 4 heteroatoms. The van der Waals surface area contributed by atoms with Crippen molar-refractivity contribution < 1.29 is 14.3 Å². The number of carboxylic acids is 1. The van der Waals surface area contributed by atoms with Gasteiger partial charge in [-0.2, -0.15) is 0 Å². The van der Waals surface area contributed by atoms with E-state index in [0.29, 0.717) is 5.70 Å². The number of likely N-dealkylation sites (tertiary alicyclic amines) is 1. The Bertz CT molecular complexity index is 197. The van der Waals surface area contributed by atoms with Gasteiger partial charge in [0.1, 0.15) is 6.67 Å². The predicted molar refractivity (Wildman–Crippen MR) is 42.5 cm³/mol. The molecule has 1 N–H and O–H groups in total. The first-order chi connectivity index (χ1) is 5.74. The third-order valence-corrected chi connectivity index (χ3v) is 1.94. The van der Waals surface area contributed by atoms with Gasteiger partial charge >= 0.3 is 5.97 Å². The Morgan fingerprint density at radius 1 is 1.50 bits per heavy atom. The number of alkyl halides is 1.